The maximum atomic E-state index is 13.2. The number of nitrogens with zero attached hydrogens (tertiary/aromatic N) is 5. The Morgan fingerprint density at radius 1 is 1.06 bits per heavy atom. The molecule has 5 rings (SSSR count). The lowest BCUT2D eigenvalue weighted by atomic mass is 10.00. The van der Waals surface area contributed by atoms with Gasteiger partial charge in [0, 0.05) is 32.4 Å². The summed E-state index contributed by atoms with van der Waals surface area (Å²) in [6, 6.07) is 8.53. The van der Waals surface area contributed by atoms with Crippen LogP contribution >= 0.6 is 12.4 Å². The Kier molecular flexibility index (Phi) is 6.07. The number of nitrogens with one attached hydrogen (secondary N) is 1. The van der Waals surface area contributed by atoms with Gasteiger partial charge in [0.25, 0.3) is 0 Å². The van der Waals surface area contributed by atoms with Crippen molar-refractivity contribution in [3.8, 4) is 0 Å². The summed E-state index contributed by atoms with van der Waals surface area (Å²) >= 11 is 0. The highest BCUT2D eigenvalue weighted by Crippen LogP contribution is 2.41. The fourth-order valence-electron chi connectivity index (χ4n) is 4.69. The Labute approximate surface area is 190 Å². The van der Waals surface area contributed by atoms with Crippen LogP contribution in [0.1, 0.15) is 19.3 Å². The quantitative estimate of drug-likeness (QED) is 0.711. The number of piperidine rings is 1. The molecule has 3 aliphatic rings. The molecule has 2 saturated heterocycles. The Bertz CT molecular complexity index is 976. The van der Waals surface area contributed by atoms with E-state index >= 15 is 0 Å². The molecular formula is C21H24ClF3N6O. The minimum Gasteiger partial charge on any atom is -0.366 e. The number of halogens is 4. The van der Waals surface area contributed by atoms with Crippen LogP contribution in [-0.2, 0) is 0 Å². The van der Waals surface area contributed by atoms with Gasteiger partial charge in [0.05, 0.1) is 17.6 Å². The van der Waals surface area contributed by atoms with Gasteiger partial charge in [-0.15, -0.1) is 12.4 Å². The summed E-state index contributed by atoms with van der Waals surface area (Å²) in [5, 5.41) is 2.83. The first-order valence-electron chi connectivity index (χ1n) is 10.5. The van der Waals surface area contributed by atoms with Crippen molar-refractivity contribution in [1.29, 1.82) is 0 Å². The van der Waals surface area contributed by atoms with Crippen molar-refractivity contribution < 1.29 is 18.0 Å². The number of rotatable bonds is 2. The third kappa shape index (κ3) is 4.15. The predicted octanol–water partition coefficient (Wildman–Crippen LogP) is 4.31. The monoisotopic (exact) mass is 468 g/mol. The van der Waals surface area contributed by atoms with Crippen LogP contribution in [0.15, 0.2) is 36.5 Å². The Hall–Kier alpha value is -2.75. The molecule has 7 nitrogen and oxygen atoms in total. The lowest BCUT2D eigenvalue weighted by molar-refractivity contribution is -0.168. The molecule has 1 N–H and O–H groups in total. The van der Waals surface area contributed by atoms with Gasteiger partial charge in [0.15, 0.2) is 5.82 Å². The normalized spacial score (nSPS) is 22.3. The van der Waals surface area contributed by atoms with Crippen LogP contribution in [0.3, 0.4) is 0 Å². The van der Waals surface area contributed by atoms with Crippen LogP contribution in [0.2, 0.25) is 0 Å². The molecule has 2 amide bonds. The van der Waals surface area contributed by atoms with Gasteiger partial charge in [0.2, 0.25) is 0 Å². The first kappa shape index (κ1) is 22.4. The number of carbonyl (C=O) groups is 1. The first-order chi connectivity index (χ1) is 14.9. The van der Waals surface area contributed by atoms with Crippen LogP contribution in [0.4, 0.5) is 41.1 Å². The summed E-state index contributed by atoms with van der Waals surface area (Å²) in [6.45, 7) is 1.77. The maximum absolute atomic E-state index is 13.2. The zero-order valence-corrected chi connectivity index (χ0v) is 18.1. The zero-order chi connectivity index (χ0) is 21.6. The van der Waals surface area contributed by atoms with Gasteiger partial charge < -0.3 is 9.80 Å². The molecule has 0 aliphatic carbocycles. The third-order valence-electron chi connectivity index (χ3n) is 6.26. The molecule has 5 heterocycles. The molecule has 0 aromatic carbocycles. The number of alkyl halides is 3. The molecule has 2 aromatic rings. The van der Waals surface area contributed by atoms with Crippen LogP contribution in [0, 0.1) is 5.92 Å². The molecular weight excluding hydrogens is 445 g/mol. The minimum atomic E-state index is -4.21. The van der Waals surface area contributed by atoms with Crippen molar-refractivity contribution in [2.24, 2.45) is 5.92 Å². The SMILES string of the molecule is Cl.O=C(Nc1ccccn1)N1c2nc(N3CCC(C(F)(F)F)C3)ccc2N2CCC[C@H]1C2. The Morgan fingerprint density at radius 3 is 2.62 bits per heavy atom. The standard InChI is InChI=1S/C21H23F3N6O.ClH/c22-21(23,24)14-8-11-29(12-14)18-7-6-16-19(27-18)30(15-4-3-10-28(16)13-15)20(31)26-17-5-1-2-9-25-17;/h1-2,5-7,9,14-15H,3-4,8,10-13H2,(H,25,26,31);1H/t14?,15-;/m0./s1. The molecule has 32 heavy (non-hydrogen) atoms. The van der Waals surface area contributed by atoms with E-state index in [9.17, 15) is 18.0 Å². The van der Waals surface area contributed by atoms with Crippen molar-refractivity contribution in [1.82, 2.24) is 9.97 Å². The molecule has 2 aromatic heterocycles. The van der Waals surface area contributed by atoms with Crippen molar-refractivity contribution in [2.75, 3.05) is 46.2 Å². The summed E-state index contributed by atoms with van der Waals surface area (Å²) in [5.74, 6) is 0.0627. The van der Waals surface area contributed by atoms with Crippen molar-refractivity contribution in [3.05, 3.63) is 36.5 Å². The predicted molar refractivity (Wildman–Crippen MR) is 119 cm³/mol. The number of carbonyl (C=O) groups excluding carboxylic acids is 1. The average Bonchev–Trinajstić information content (AvgIpc) is 3.25. The number of aromatic nitrogens is 2. The average molecular weight is 469 g/mol. The summed E-state index contributed by atoms with van der Waals surface area (Å²) in [6.07, 6.45) is -0.750. The van der Waals surface area contributed by atoms with E-state index in [0.717, 1.165) is 25.1 Å². The Balaban J connectivity index is 0.00000245. The van der Waals surface area contributed by atoms with Crippen LogP contribution in [-0.4, -0.2) is 54.4 Å². The summed E-state index contributed by atoms with van der Waals surface area (Å²) in [5.41, 5.74) is 0.836. The van der Waals surface area contributed by atoms with E-state index in [0.29, 0.717) is 30.5 Å². The number of anilines is 4. The molecule has 2 bridgehead atoms. The number of amides is 2. The highest BCUT2D eigenvalue weighted by atomic mass is 35.5. The lowest BCUT2D eigenvalue weighted by Crippen LogP contribution is -2.56. The van der Waals surface area contributed by atoms with E-state index < -0.39 is 12.1 Å². The van der Waals surface area contributed by atoms with E-state index in [2.05, 4.69) is 15.2 Å². The van der Waals surface area contributed by atoms with Gasteiger partial charge in [-0.2, -0.15) is 13.2 Å². The fourth-order valence-corrected chi connectivity index (χ4v) is 4.69. The summed E-state index contributed by atoms with van der Waals surface area (Å²) in [4.78, 5) is 27.6. The molecule has 2 fully saturated rings. The van der Waals surface area contributed by atoms with E-state index in [1.54, 1.807) is 40.3 Å². The molecule has 0 saturated carbocycles. The third-order valence-corrected chi connectivity index (χ3v) is 6.26. The molecule has 0 spiro atoms. The molecule has 0 radical (unpaired) electrons. The maximum Gasteiger partial charge on any atom is 0.393 e. The zero-order valence-electron chi connectivity index (χ0n) is 17.3. The fraction of sp³-hybridized carbons (Fsp3) is 0.476. The van der Waals surface area contributed by atoms with Crippen LogP contribution in [0.25, 0.3) is 0 Å². The van der Waals surface area contributed by atoms with Gasteiger partial charge in [-0.3, -0.25) is 10.2 Å². The topological polar surface area (TPSA) is 64.6 Å². The largest absolute Gasteiger partial charge is 0.393 e. The summed E-state index contributed by atoms with van der Waals surface area (Å²) in [7, 11) is 0. The second kappa shape index (κ2) is 8.65. The van der Waals surface area contributed by atoms with Gasteiger partial charge in [0.1, 0.15) is 11.6 Å². The number of pyridine rings is 2. The molecule has 2 atom stereocenters. The second-order valence-electron chi connectivity index (χ2n) is 8.24. The number of hydrogen-bond donors (Lipinski definition) is 1. The summed E-state index contributed by atoms with van der Waals surface area (Å²) < 4.78 is 39.4. The number of fused-ring (bicyclic) bond motifs is 4. The number of urea groups is 1. The van der Waals surface area contributed by atoms with Crippen molar-refractivity contribution in [2.45, 2.75) is 31.5 Å². The van der Waals surface area contributed by atoms with Gasteiger partial charge in [-0.1, -0.05) is 6.07 Å². The highest BCUT2D eigenvalue weighted by molar-refractivity contribution is 6.04. The minimum absolute atomic E-state index is 0. The first-order valence-corrected chi connectivity index (χ1v) is 10.5. The number of hydrogen-bond acceptors (Lipinski definition) is 5. The van der Waals surface area contributed by atoms with Gasteiger partial charge >= 0.3 is 12.2 Å². The smallest absolute Gasteiger partial charge is 0.366 e. The molecule has 172 valence electrons. The second-order valence-corrected chi connectivity index (χ2v) is 8.24. The van der Waals surface area contributed by atoms with E-state index in [1.807, 2.05) is 6.07 Å². The van der Waals surface area contributed by atoms with E-state index in [1.165, 1.54) is 0 Å². The van der Waals surface area contributed by atoms with Crippen LogP contribution in [0.5, 0.6) is 0 Å². The van der Waals surface area contributed by atoms with Crippen molar-refractivity contribution in [3.63, 3.8) is 0 Å². The van der Waals surface area contributed by atoms with Gasteiger partial charge in [-0.05, 0) is 43.5 Å². The van der Waals surface area contributed by atoms with Crippen LogP contribution < -0.4 is 20.0 Å². The molecule has 1 unspecified atom stereocenters. The van der Waals surface area contributed by atoms with E-state index in [4.69, 9.17) is 4.98 Å². The van der Waals surface area contributed by atoms with Crippen molar-refractivity contribution >= 4 is 41.6 Å². The van der Waals surface area contributed by atoms with E-state index in [-0.39, 0.29) is 37.4 Å². The molecule has 3 aliphatic heterocycles. The lowest BCUT2D eigenvalue weighted by Gasteiger charge is -2.46. The highest BCUT2D eigenvalue weighted by Gasteiger charge is 2.44. The molecule has 11 heteroatoms. The Morgan fingerprint density at radius 2 is 1.91 bits per heavy atom. The van der Waals surface area contributed by atoms with Gasteiger partial charge in [-0.25, -0.2) is 14.8 Å².